The van der Waals surface area contributed by atoms with Crippen LogP contribution in [0, 0.1) is 6.92 Å². The Labute approximate surface area is 101 Å². The molecule has 0 aromatic carbocycles. The van der Waals surface area contributed by atoms with Crippen molar-refractivity contribution in [3.05, 3.63) is 28.8 Å². The summed E-state index contributed by atoms with van der Waals surface area (Å²) in [6, 6.07) is 1.77. The van der Waals surface area contributed by atoms with Crippen molar-refractivity contribution in [2.75, 3.05) is 5.73 Å². The van der Waals surface area contributed by atoms with Gasteiger partial charge in [0, 0.05) is 6.20 Å². The predicted molar refractivity (Wildman–Crippen MR) is 61.8 cm³/mol. The lowest BCUT2D eigenvalue weighted by atomic mass is 10.4. The van der Waals surface area contributed by atoms with E-state index in [4.69, 9.17) is 23.1 Å². The number of hydrogen-bond acceptors (Lipinski definition) is 5. The summed E-state index contributed by atoms with van der Waals surface area (Å²) in [6.07, 6.45) is 1.66. The van der Waals surface area contributed by atoms with E-state index in [0.29, 0.717) is 0 Å². The molecule has 0 aliphatic carbocycles. The van der Waals surface area contributed by atoms with E-state index in [1.54, 1.807) is 12.3 Å². The van der Waals surface area contributed by atoms with Gasteiger partial charge in [-0.05, 0) is 13.0 Å². The summed E-state index contributed by atoms with van der Waals surface area (Å²) in [5.41, 5.74) is 11.3. The van der Waals surface area contributed by atoms with Crippen molar-refractivity contribution in [1.29, 1.82) is 0 Å². The number of hydrogen-bond donors (Lipinski definition) is 2. The van der Waals surface area contributed by atoms with Crippen molar-refractivity contribution in [2.24, 2.45) is 5.73 Å². The molecule has 8 heteroatoms. The summed E-state index contributed by atoms with van der Waals surface area (Å²) in [6.45, 7) is 1.82. The maximum Gasteiger partial charge on any atom is 0.271 e. The number of primary amides is 1. The zero-order chi connectivity index (χ0) is 12.6. The second-order valence-corrected chi connectivity index (χ2v) is 3.70. The Bertz CT molecular complexity index is 593. The number of halogens is 1. The van der Waals surface area contributed by atoms with E-state index in [2.05, 4.69) is 15.1 Å². The van der Waals surface area contributed by atoms with Crippen LogP contribution in [0.5, 0.6) is 0 Å². The van der Waals surface area contributed by atoms with Crippen LogP contribution in [-0.4, -0.2) is 25.7 Å². The number of carbonyl (C=O) groups excluding carboxylic acids is 1. The minimum Gasteiger partial charge on any atom is -0.382 e. The summed E-state index contributed by atoms with van der Waals surface area (Å²) in [5.74, 6) is -0.604. The van der Waals surface area contributed by atoms with Crippen molar-refractivity contribution < 1.29 is 4.79 Å². The number of nitrogen functional groups attached to an aromatic ring is 1. The summed E-state index contributed by atoms with van der Waals surface area (Å²) in [4.78, 5) is 18.7. The van der Waals surface area contributed by atoms with E-state index in [-0.39, 0.29) is 22.5 Å². The van der Waals surface area contributed by atoms with Gasteiger partial charge in [-0.3, -0.25) is 4.79 Å². The highest BCUT2D eigenvalue weighted by atomic mass is 35.5. The van der Waals surface area contributed by atoms with Gasteiger partial charge in [0.1, 0.15) is 0 Å². The Hall–Kier alpha value is -2.15. The molecule has 17 heavy (non-hydrogen) atoms. The van der Waals surface area contributed by atoms with E-state index >= 15 is 0 Å². The quantitative estimate of drug-likeness (QED) is 0.798. The standard InChI is InChI=1S/C9H9ClN6O/c1-4-2-3-16(15-4)9-6(10)13-5(8(12)17)7(11)14-9/h2-3H,1H3,(H2,11,14)(H2,12,17). The first-order valence-electron chi connectivity index (χ1n) is 4.64. The normalized spacial score (nSPS) is 10.5. The van der Waals surface area contributed by atoms with Crippen molar-refractivity contribution in [2.45, 2.75) is 6.92 Å². The maximum atomic E-state index is 11.0. The molecule has 0 bridgehead atoms. The molecule has 7 nitrogen and oxygen atoms in total. The van der Waals surface area contributed by atoms with Crippen molar-refractivity contribution in [3.8, 4) is 5.82 Å². The van der Waals surface area contributed by atoms with Crippen LogP contribution in [0.4, 0.5) is 5.82 Å². The van der Waals surface area contributed by atoms with Crippen LogP contribution in [0.3, 0.4) is 0 Å². The van der Waals surface area contributed by atoms with Crippen LogP contribution in [0.25, 0.3) is 5.82 Å². The lowest BCUT2D eigenvalue weighted by Gasteiger charge is -2.06. The monoisotopic (exact) mass is 252 g/mol. The molecule has 0 aliphatic rings. The predicted octanol–water partition coefficient (Wildman–Crippen LogP) is 0.305. The first-order valence-corrected chi connectivity index (χ1v) is 5.02. The molecule has 0 radical (unpaired) electrons. The molecule has 4 N–H and O–H groups in total. The molecule has 0 saturated carbocycles. The van der Waals surface area contributed by atoms with E-state index in [0.717, 1.165) is 5.69 Å². The second kappa shape index (κ2) is 4.02. The third-order valence-electron chi connectivity index (χ3n) is 2.04. The average molecular weight is 253 g/mol. The van der Waals surface area contributed by atoms with E-state index < -0.39 is 5.91 Å². The van der Waals surface area contributed by atoms with E-state index in [1.807, 2.05) is 6.92 Å². The number of amides is 1. The molecule has 0 spiro atoms. The summed E-state index contributed by atoms with van der Waals surface area (Å²) in [5, 5.41) is 4.13. The Balaban J connectivity index is 2.57. The first kappa shape index (κ1) is 11.3. The van der Waals surface area contributed by atoms with Gasteiger partial charge in [-0.15, -0.1) is 0 Å². The van der Waals surface area contributed by atoms with Crippen molar-refractivity contribution >= 4 is 23.3 Å². The van der Waals surface area contributed by atoms with Gasteiger partial charge in [0.05, 0.1) is 5.69 Å². The molecule has 2 aromatic rings. The van der Waals surface area contributed by atoms with Gasteiger partial charge in [-0.1, -0.05) is 11.6 Å². The highest BCUT2D eigenvalue weighted by molar-refractivity contribution is 6.31. The maximum absolute atomic E-state index is 11.0. The van der Waals surface area contributed by atoms with Crippen LogP contribution >= 0.6 is 11.6 Å². The number of aryl methyl sites for hydroxylation is 1. The molecule has 0 fully saturated rings. The molecule has 0 aliphatic heterocycles. The van der Waals surface area contributed by atoms with Crippen LogP contribution < -0.4 is 11.5 Å². The molecule has 2 aromatic heterocycles. The number of rotatable bonds is 2. The van der Waals surface area contributed by atoms with Crippen LogP contribution in [0.15, 0.2) is 12.3 Å². The zero-order valence-electron chi connectivity index (χ0n) is 8.88. The van der Waals surface area contributed by atoms with E-state index in [9.17, 15) is 4.79 Å². The summed E-state index contributed by atoms with van der Waals surface area (Å²) < 4.78 is 1.42. The summed E-state index contributed by atoms with van der Waals surface area (Å²) >= 11 is 5.89. The van der Waals surface area contributed by atoms with Crippen LogP contribution in [-0.2, 0) is 0 Å². The Kier molecular flexibility index (Phi) is 2.68. The number of nitrogens with two attached hydrogens (primary N) is 2. The van der Waals surface area contributed by atoms with E-state index in [1.165, 1.54) is 4.68 Å². The summed E-state index contributed by atoms with van der Waals surface area (Å²) in [7, 11) is 0. The SMILES string of the molecule is Cc1ccn(-c2nc(N)c(C(N)=O)nc2Cl)n1. The van der Waals surface area contributed by atoms with Crippen molar-refractivity contribution in [3.63, 3.8) is 0 Å². The third-order valence-corrected chi connectivity index (χ3v) is 2.29. The fourth-order valence-electron chi connectivity index (χ4n) is 1.28. The average Bonchev–Trinajstić information content (AvgIpc) is 2.67. The smallest absolute Gasteiger partial charge is 0.271 e. The molecule has 88 valence electrons. The van der Waals surface area contributed by atoms with Gasteiger partial charge in [0.25, 0.3) is 5.91 Å². The van der Waals surface area contributed by atoms with Crippen LogP contribution in [0.2, 0.25) is 5.15 Å². The van der Waals surface area contributed by atoms with Crippen LogP contribution in [0.1, 0.15) is 16.2 Å². The molecular weight excluding hydrogens is 244 g/mol. The molecule has 0 unspecified atom stereocenters. The molecule has 1 amide bonds. The second-order valence-electron chi connectivity index (χ2n) is 3.34. The number of carbonyl (C=O) groups is 1. The Morgan fingerprint density at radius 1 is 1.47 bits per heavy atom. The fourth-order valence-corrected chi connectivity index (χ4v) is 1.49. The molecule has 2 heterocycles. The molecule has 0 saturated heterocycles. The topological polar surface area (TPSA) is 113 Å². The largest absolute Gasteiger partial charge is 0.382 e. The third kappa shape index (κ3) is 2.04. The molecule has 0 atom stereocenters. The lowest BCUT2D eigenvalue weighted by Crippen LogP contribution is -2.18. The number of anilines is 1. The van der Waals surface area contributed by atoms with Gasteiger partial charge in [-0.25, -0.2) is 14.6 Å². The van der Waals surface area contributed by atoms with Gasteiger partial charge in [-0.2, -0.15) is 5.10 Å². The van der Waals surface area contributed by atoms with Crippen molar-refractivity contribution in [1.82, 2.24) is 19.7 Å². The zero-order valence-corrected chi connectivity index (χ0v) is 9.64. The Morgan fingerprint density at radius 3 is 2.71 bits per heavy atom. The van der Waals surface area contributed by atoms with Gasteiger partial charge < -0.3 is 11.5 Å². The minimum absolute atomic E-state index is 0.0103. The van der Waals surface area contributed by atoms with Gasteiger partial charge >= 0.3 is 0 Å². The lowest BCUT2D eigenvalue weighted by molar-refractivity contribution is 0.0996. The molecule has 2 rings (SSSR count). The number of aromatic nitrogens is 4. The highest BCUT2D eigenvalue weighted by Crippen LogP contribution is 2.18. The van der Waals surface area contributed by atoms with Gasteiger partial charge in [0.15, 0.2) is 22.5 Å². The number of nitrogens with zero attached hydrogens (tertiary/aromatic N) is 4. The van der Waals surface area contributed by atoms with Gasteiger partial charge in [0.2, 0.25) is 0 Å². The molecular formula is C9H9ClN6O. The minimum atomic E-state index is -0.778. The fraction of sp³-hybridized carbons (Fsp3) is 0.111. The first-order chi connectivity index (χ1) is 7.99. The Morgan fingerprint density at radius 2 is 2.18 bits per heavy atom. The highest BCUT2D eigenvalue weighted by Gasteiger charge is 2.15.